The van der Waals surface area contributed by atoms with Crippen LogP contribution in [0.3, 0.4) is 0 Å². The maximum absolute atomic E-state index is 13.5. The second-order valence-corrected chi connectivity index (χ2v) is 7.59. The van der Waals surface area contributed by atoms with E-state index in [-0.39, 0.29) is 17.8 Å². The molecule has 0 saturated carbocycles. The van der Waals surface area contributed by atoms with Gasteiger partial charge in [-0.1, -0.05) is 36.4 Å². The van der Waals surface area contributed by atoms with E-state index in [0.29, 0.717) is 24.6 Å². The first-order valence-corrected chi connectivity index (χ1v) is 10.4. The average molecular weight is 411 g/mol. The topological polar surface area (TPSA) is 67.9 Å². The molecule has 30 heavy (non-hydrogen) atoms. The average Bonchev–Trinajstić information content (AvgIpc) is 2.75. The van der Waals surface area contributed by atoms with E-state index in [1.807, 2.05) is 62.4 Å². The smallest absolute Gasteiger partial charge is 0.310 e. The summed E-state index contributed by atoms with van der Waals surface area (Å²) in [4.78, 5) is 27.9. The predicted molar refractivity (Wildman–Crippen MR) is 116 cm³/mol. The molecule has 1 amide bonds. The molecule has 1 aliphatic heterocycles. The Morgan fingerprint density at radius 3 is 2.67 bits per heavy atom. The molecule has 2 atom stereocenters. The summed E-state index contributed by atoms with van der Waals surface area (Å²) in [5.41, 5.74) is 2.57. The fourth-order valence-corrected chi connectivity index (χ4v) is 3.98. The van der Waals surface area contributed by atoms with E-state index >= 15 is 0 Å². The third-order valence-corrected chi connectivity index (χ3v) is 5.41. The standard InChI is InChI=1S/C24H30N2O4/c1-4-30-24(28)19-11-8-14-26(16-19)22(18-9-6-5-7-10-18)23(27)25-20-15-17(2)12-13-21(20)29-3/h5-7,9-10,12-13,15,19,22H,4,8,11,14,16H2,1-3H3,(H,25,27). The van der Waals surface area contributed by atoms with Gasteiger partial charge in [0.2, 0.25) is 5.91 Å². The first-order chi connectivity index (χ1) is 14.5. The Morgan fingerprint density at radius 1 is 1.20 bits per heavy atom. The van der Waals surface area contributed by atoms with E-state index < -0.39 is 6.04 Å². The number of amides is 1. The van der Waals surface area contributed by atoms with Crippen LogP contribution in [-0.4, -0.2) is 43.6 Å². The maximum Gasteiger partial charge on any atom is 0.310 e. The van der Waals surface area contributed by atoms with E-state index in [0.717, 1.165) is 30.5 Å². The molecule has 0 radical (unpaired) electrons. The summed E-state index contributed by atoms with van der Waals surface area (Å²) in [6.45, 7) is 5.39. The molecule has 0 aromatic heterocycles. The van der Waals surface area contributed by atoms with Crippen molar-refractivity contribution in [1.82, 2.24) is 4.90 Å². The predicted octanol–water partition coefficient (Wildman–Crippen LogP) is 3.96. The molecule has 0 bridgehead atoms. The maximum atomic E-state index is 13.5. The first kappa shape index (κ1) is 21.8. The van der Waals surface area contributed by atoms with E-state index in [1.165, 1.54) is 0 Å². The van der Waals surface area contributed by atoms with Crippen molar-refractivity contribution in [3.63, 3.8) is 0 Å². The molecule has 160 valence electrons. The molecule has 6 nitrogen and oxygen atoms in total. The second kappa shape index (κ2) is 10.3. The van der Waals surface area contributed by atoms with Crippen molar-refractivity contribution >= 4 is 17.6 Å². The fraction of sp³-hybridized carbons (Fsp3) is 0.417. The Kier molecular flexibility index (Phi) is 7.46. The minimum absolute atomic E-state index is 0.144. The van der Waals surface area contributed by atoms with E-state index in [2.05, 4.69) is 10.2 Å². The quantitative estimate of drug-likeness (QED) is 0.700. The van der Waals surface area contributed by atoms with Crippen LogP contribution in [0.4, 0.5) is 5.69 Å². The van der Waals surface area contributed by atoms with Gasteiger partial charge in [0.15, 0.2) is 0 Å². The molecule has 0 aliphatic carbocycles. The number of nitrogens with one attached hydrogen (secondary N) is 1. The first-order valence-electron chi connectivity index (χ1n) is 10.4. The van der Waals surface area contributed by atoms with Crippen molar-refractivity contribution in [3.8, 4) is 5.75 Å². The van der Waals surface area contributed by atoms with Gasteiger partial charge in [-0.25, -0.2) is 0 Å². The number of carbonyl (C=O) groups excluding carboxylic acids is 2. The number of methoxy groups -OCH3 is 1. The lowest BCUT2D eigenvalue weighted by atomic mass is 9.94. The molecular formula is C24H30N2O4. The number of esters is 1. The fourth-order valence-electron chi connectivity index (χ4n) is 3.98. The summed E-state index contributed by atoms with van der Waals surface area (Å²) in [7, 11) is 1.59. The number of likely N-dealkylation sites (tertiary alicyclic amines) is 1. The molecule has 6 heteroatoms. The van der Waals surface area contributed by atoms with E-state index in [4.69, 9.17) is 9.47 Å². The molecule has 2 unspecified atom stereocenters. The molecule has 0 spiro atoms. The van der Waals surface area contributed by atoms with Crippen LogP contribution < -0.4 is 10.1 Å². The minimum Gasteiger partial charge on any atom is -0.495 e. The number of aryl methyl sites for hydroxylation is 1. The summed E-state index contributed by atoms with van der Waals surface area (Å²) < 4.78 is 10.7. The highest BCUT2D eigenvalue weighted by Crippen LogP contribution is 2.31. The van der Waals surface area contributed by atoms with Gasteiger partial charge in [0, 0.05) is 6.54 Å². The number of nitrogens with zero attached hydrogens (tertiary/aromatic N) is 1. The lowest BCUT2D eigenvalue weighted by molar-refractivity contribution is -0.151. The van der Waals surface area contributed by atoms with Gasteiger partial charge in [-0.15, -0.1) is 0 Å². The van der Waals surface area contributed by atoms with Gasteiger partial charge in [-0.2, -0.15) is 0 Å². The van der Waals surface area contributed by atoms with E-state index in [1.54, 1.807) is 7.11 Å². The molecular weight excluding hydrogens is 380 g/mol. The van der Waals surface area contributed by atoms with Crippen LogP contribution in [0.25, 0.3) is 0 Å². The third kappa shape index (κ3) is 5.19. The van der Waals surface area contributed by atoms with Gasteiger partial charge < -0.3 is 14.8 Å². The van der Waals surface area contributed by atoms with Crippen LogP contribution in [0.5, 0.6) is 5.75 Å². The molecule has 1 fully saturated rings. The molecule has 2 aromatic rings. The van der Waals surface area contributed by atoms with Gasteiger partial charge in [0.05, 0.1) is 25.3 Å². The number of hydrogen-bond acceptors (Lipinski definition) is 5. The summed E-state index contributed by atoms with van der Waals surface area (Å²) in [6.07, 6.45) is 1.62. The molecule has 3 rings (SSSR count). The number of rotatable bonds is 7. The highest BCUT2D eigenvalue weighted by Gasteiger charge is 2.35. The normalized spacial score (nSPS) is 17.8. The molecule has 1 N–H and O–H groups in total. The van der Waals surface area contributed by atoms with Gasteiger partial charge in [-0.3, -0.25) is 14.5 Å². The monoisotopic (exact) mass is 410 g/mol. The number of carbonyl (C=O) groups is 2. The van der Waals surface area contributed by atoms with Gasteiger partial charge in [0.1, 0.15) is 11.8 Å². The zero-order chi connectivity index (χ0) is 21.5. The Balaban J connectivity index is 1.87. The van der Waals surface area contributed by atoms with Crippen molar-refractivity contribution in [2.45, 2.75) is 32.7 Å². The Morgan fingerprint density at radius 2 is 1.97 bits per heavy atom. The summed E-state index contributed by atoms with van der Waals surface area (Å²) >= 11 is 0. The Hall–Kier alpha value is -2.86. The van der Waals surface area contributed by atoms with Crippen molar-refractivity contribution in [2.75, 3.05) is 32.1 Å². The largest absolute Gasteiger partial charge is 0.495 e. The highest BCUT2D eigenvalue weighted by atomic mass is 16.5. The number of ether oxygens (including phenoxy) is 2. The number of benzene rings is 2. The van der Waals surface area contributed by atoms with E-state index in [9.17, 15) is 9.59 Å². The molecule has 1 aliphatic rings. The summed E-state index contributed by atoms with van der Waals surface area (Å²) in [6, 6.07) is 14.9. The van der Waals surface area contributed by atoms with Crippen LogP contribution in [0.15, 0.2) is 48.5 Å². The molecule has 1 saturated heterocycles. The van der Waals surface area contributed by atoms with Crippen molar-refractivity contribution in [1.29, 1.82) is 0 Å². The molecule has 2 aromatic carbocycles. The van der Waals surface area contributed by atoms with Crippen molar-refractivity contribution in [2.24, 2.45) is 5.92 Å². The third-order valence-electron chi connectivity index (χ3n) is 5.41. The van der Waals surface area contributed by atoms with Crippen molar-refractivity contribution in [3.05, 3.63) is 59.7 Å². The highest BCUT2D eigenvalue weighted by molar-refractivity contribution is 5.97. The zero-order valence-electron chi connectivity index (χ0n) is 17.9. The minimum atomic E-state index is -0.506. The second-order valence-electron chi connectivity index (χ2n) is 7.59. The zero-order valence-corrected chi connectivity index (χ0v) is 17.9. The molecule has 1 heterocycles. The van der Waals surface area contributed by atoms with Crippen molar-refractivity contribution < 1.29 is 19.1 Å². The SMILES string of the molecule is CCOC(=O)C1CCCN(C(C(=O)Nc2cc(C)ccc2OC)c2ccccc2)C1. The lowest BCUT2D eigenvalue weighted by Gasteiger charge is -2.37. The van der Waals surface area contributed by atoms with Crippen LogP contribution in [0.2, 0.25) is 0 Å². The van der Waals surface area contributed by atoms with Gasteiger partial charge in [-0.05, 0) is 56.5 Å². The Labute approximate surface area is 178 Å². The van der Waals surface area contributed by atoms with Crippen LogP contribution in [0, 0.1) is 12.8 Å². The number of piperidine rings is 1. The number of hydrogen-bond donors (Lipinski definition) is 1. The van der Waals surface area contributed by atoms with Crippen LogP contribution >= 0.6 is 0 Å². The summed E-state index contributed by atoms with van der Waals surface area (Å²) in [5.74, 6) is 0.0689. The number of anilines is 1. The lowest BCUT2D eigenvalue weighted by Crippen LogP contribution is -2.45. The van der Waals surface area contributed by atoms with Gasteiger partial charge in [0.25, 0.3) is 0 Å². The van der Waals surface area contributed by atoms with Gasteiger partial charge >= 0.3 is 5.97 Å². The van der Waals surface area contributed by atoms with Crippen LogP contribution in [-0.2, 0) is 14.3 Å². The van der Waals surface area contributed by atoms with Crippen LogP contribution in [0.1, 0.15) is 36.9 Å². The Bertz CT molecular complexity index is 869. The summed E-state index contributed by atoms with van der Waals surface area (Å²) in [5, 5.41) is 3.05.